The number of hydrogen-bond acceptors (Lipinski definition) is 4. The van der Waals surface area contributed by atoms with Gasteiger partial charge < -0.3 is 9.84 Å². The number of hydrogen-bond donors (Lipinski definition) is 1. The number of methoxy groups -OCH3 is 1. The van der Waals surface area contributed by atoms with Crippen LogP contribution in [0.25, 0.3) is 10.9 Å². The largest absolute Gasteiger partial charge is 0.505 e. The van der Waals surface area contributed by atoms with Crippen molar-refractivity contribution in [1.82, 2.24) is 9.88 Å². The van der Waals surface area contributed by atoms with E-state index in [-0.39, 0.29) is 5.75 Å². The molecule has 2 heterocycles. The molecule has 0 amide bonds. The molecule has 1 aromatic carbocycles. The third kappa shape index (κ3) is 2.81. The number of aromatic nitrogens is 1. The van der Waals surface area contributed by atoms with Crippen LogP contribution in [-0.2, 0) is 6.54 Å². The smallest absolute Gasteiger partial charge is 0.146 e. The summed E-state index contributed by atoms with van der Waals surface area (Å²) in [6, 6.07) is 5.72. The Bertz CT molecular complexity index is 634. The van der Waals surface area contributed by atoms with E-state index in [0.29, 0.717) is 5.52 Å². The van der Waals surface area contributed by atoms with Crippen molar-refractivity contribution in [1.29, 1.82) is 0 Å². The first kappa shape index (κ1) is 14.1. The fourth-order valence-corrected chi connectivity index (χ4v) is 3.00. The molecule has 1 aromatic heterocycles. The highest BCUT2D eigenvalue weighted by atomic mass is 16.5. The van der Waals surface area contributed by atoms with Gasteiger partial charge in [-0.2, -0.15) is 0 Å². The Labute approximate surface area is 125 Å². The highest BCUT2D eigenvalue weighted by Crippen LogP contribution is 2.35. The standard InChI is InChI=1S/C17H22N2O2/c1-12-5-8-19(9-6-12)11-13-10-15(21-2)14-4-3-7-18-16(14)17(13)20/h3-4,7,10,12,20H,5-6,8-9,11H2,1-2H3. The number of nitrogens with zero attached hydrogens (tertiary/aromatic N) is 2. The summed E-state index contributed by atoms with van der Waals surface area (Å²) in [5.41, 5.74) is 1.52. The average molecular weight is 286 g/mol. The van der Waals surface area contributed by atoms with Crippen molar-refractivity contribution in [2.24, 2.45) is 5.92 Å². The van der Waals surface area contributed by atoms with Crippen LogP contribution >= 0.6 is 0 Å². The number of pyridine rings is 1. The van der Waals surface area contributed by atoms with Crippen LogP contribution in [-0.4, -0.2) is 35.2 Å². The third-order valence-corrected chi connectivity index (χ3v) is 4.40. The molecule has 0 saturated carbocycles. The van der Waals surface area contributed by atoms with Gasteiger partial charge in [-0.05, 0) is 50.0 Å². The van der Waals surface area contributed by atoms with Crippen LogP contribution in [0.15, 0.2) is 24.4 Å². The maximum absolute atomic E-state index is 10.5. The van der Waals surface area contributed by atoms with Crippen LogP contribution in [0, 0.1) is 5.92 Å². The van der Waals surface area contributed by atoms with Crippen molar-refractivity contribution < 1.29 is 9.84 Å². The first-order valence-corrected chi connectivity index (χ1v) is 7.55. The van der Waals surface area contributed by atoms with Crippen LogP contribution in [0.3, 0.4) is 0 Å². The molecule has 0 unspecified atom stereocenters. The van der Waals surface area contributed by atoms with Crippen molar-refractivity contribution in [3.8, 4) is 11.5 Å². The van der Waals surface area contributed by atoms with Crippen molar-refractivity contribution in [3.63, 3.8) is 0 Å². The molecular weight excluding hydrogens is 264 g/mol. The molecule has 3 rings (SSSR count). The molecule has 21 heavy (non-hydrogen) atoms. The second kappa shape index (κ2) is 5.90. The minimum Gasteiger partial charge on any atom is -0.505 e. The van der Waals surface area contributed by atoms with Gasteiger partial charge in [-0.15, -0.1) is 0 Å². The van der Waals surface area contributed by atoms with Crippen LogP contribution in [0.1, 0.15) is 25.3 Å². The van der Waals surface area contributed by atoms with Gasteiger partial charge in [0.1, 0.15) is 17.0 Å². The second-order valence-corrected chi connectivity index (χ2v) is 5.94. The number of aromatic hydroxyl groups is 1. The zero-order chi connectivity index (χ0) is 14.8. The van der Waals surface area contributed by atoms with Crippen molar-refractivity contribution in [2.45, 2.75) is 26.3 Å². The lowest BCUT2D eigenvalue weighted by atomic mass is 9.98. The molecule has 112 valence electrons. The summed E-state index contributed by atoms with van der Waals surface area (Å²) in [5.74, 6) is 1.86. The topological polar surface area (TPSA) is 45.6 Å². The van der Waals surface area contributed by atoms with E-state index in [2.05, 4.69) is 16.8 Å². The van der Waals surface area contributed by atoms with Crippen molar-refractivity contribution in [2.75, 3.05) is 20.2 Å². The Morgan fingerprint density at radius 3 is 2.86 bits per heavy atom. The normalized spacial score (nSPS) is 17.2. The van der Waals surface area contributed by atoms with Gasteiger partial charge in [0.2, 0.25) is 0 Å². The Morgan fingerprint density at radius 2 is 2.14 bits per heavy atom. The van der Waals surface area contributed by atoms with Gasteiger partial charge in [-0.1, -0.05) is 6.92 Å². The van der Waals surface area contributed by atoms with E-state index in [1.807, 2.05) is 18.2 Å². The summed E-state index contributed by atoms with van der Waals surface area (Å²) in [7, 11) is 1.66. The van der Waals surface area contributed by atoms with Crippen molar-refractivity contribution in [3.05, 3.63) is 30.0 Å². The van der Waals surface area contributed by atoms with Crippen LogP contribution in [0.4, 0.5) is 0 Å². The van der Waals surface area contributed by atoms with E-state index < -0.39 is 0 Å². The number of ether oxygens (including phenoxy) is 1. The summed E-state index contributed by atoms with van der Waals surface area (Å²) >= 11 is 0. The average Bonchev–Trinajstić information content (AvgIpc) is 2.52. The zero-order valence-electron chi connectivity index (χ0n) is 12.7. The number of piperidine rings is 1. The zero-order valence-corrected chi connectivity index (χ0v) is 12.7. The molecule has 0 aliphatic carbocycles. The van der Waals surface area contributed by atoms with Gasteiger partial charge in [-0.3, -0.25) is 9.88 Å². The molecular formula is C17H22N2O2. The van der Waals surface area contributed by atoms with E-state index in [9.17, 15) is 5.11 Å². The molecule has 0 spiro atoms. The van der Waals surface area contributed by atoms with Gasteiger partial charge in [0.05, 0.1) is 7.11 Å². The first-order valence-electron chi connectivity index (χ1n) is 7.55. The summed E-state index contributed by atoms with van der Waals surface area (Å²) in [5, 5.41) is 11.4. The van der Waals surface area contributed by atoms with Gasteiger partial charge in [0.25, 0.3) is 0 Å². The fraction of sp³-hybridized carbons (Fsp3) is 0.471. The number of benzene rings is 1. The molecule has 0 bridgehead atoms. The predicted octanol–water partition coefficient (Wildman–Crippen LogP) is 3.18. The Balaban J connectivity index is 1.93. The molecule has 1 N–H and O–H groups in total. The third-order valence-electron chi connectivity index (χ3n) is 4.40. The van der Waals surface area contributed by atoms with E-state index in [4.69, 9.17) is 4.74 Å². The Kier molecular flexibility index (Phi) is 3.97. The molecule has 0 atom stereocenters. The SMILES string of the molecule is COc1cc(CN2CCC(C)CC2)c(O)c2ncccc12. The summed E-state index contributed by atoms with van der Waals surface area (Å²) in [6.45, 7) is 5.23. The van der Waals surface area contributed by atoms with E-state index in [1.165, 1.54) is 12.8 Å². The van der Waals surface area contributed by atoms with Crippen LogP contribution in [0.2, 0.25) is 0 Å². The molecule has 2 aromatic rings. The fourth-order valence-electron chi connectivity index (χ4n) is 3.00. The molecule has 4 heteroatoms. The van der Waals surface area contributed by atoms with Gasteiger partial charge in [0, 0.05) is 23.7 Å². The van der Waals surface area contributed by atoms with Gasteiger partial charge >= 0.3 is 0 Å². The highest BCUT2D eigenvalue weighted by Gasteiger charge is 2.19. The van der Waals surface area contributed by atoms with Gasteiger partial charge in [-0.25, -0.2) is 0 Å². The maximum Gasteiger partial charge on any atom is 0.146 e. The molecule has 1 fully saturated rings. The number of phenolic OH excluding ortho intramolecular Hbond substituents is 1. The van der Waals surface area contributed by atoms with Crippen LogP contribution < -0.4 is 4.74 Å². The number of likely N-dealkylation sites (tertiary alicyclic amines) is 1. The minimum absolute atomic E-state index is 0.282. The number of rotatable bonds is 3. The summed E-state index contributed by atoms with van der Waals surface area (Å²) in [6.07, 6.45) is 4.15. The lowest BCUT2D eigenvalue weighted by Crippen LogP contribution is -2.32. The highest BCUT2D eigenvalue weighted by molar-refractivity contribution is 5.91. The van der Waals surface area contributed by atoms with Gasteiger partial charge in [0.15, 0.2) is 0 Å². The molecule has 1 saturated heterocycles. The number of fused-ring (bicyclic) bond motifs is 1. The predicted molar refractivity (Wildman–Crippen MR) is 83.6 cm³/mol. The number of phenols is 1. The van der Waals surface area contributed by atoms with Crippen molar-refractivity contribution >= 4 is 10.9 Å². The minimum atomic E-state index is 0.282. The quantitative estimate of drug-likeness (QED) is 0.941. The lowest BCUT2D eigenvalue weighted by molar-refractivity contribution is 0.183. The second-order valence-electron chi connectivity index (χ2n) is 5.94. The van der Waals surface area contributed by atoms with E-state index in [1.54, 1.807) is 13.3 Å². The lowest BCUT2D eigenvalue weighted by Gasteiger charge is -2.30. The summed E-state index contributed by atoms with van der Waals surface area (Å²) in [4.78, 5) is 6.70. The first-order chi connectivity index (χ1) is 10.2. The maximum atomic E-state index is 10.5. The molecule has 0 radical (unpaired) electrons. The van der Waals surface area contributed by atoms with E-state index in [0.717, 1.165) is 42.3 Å². The monoisotopic (exact) mass is 286 g/mol. The Morgan fingerprint density at radius 1 is 1.38 bits per heavy atom. The van der Waals surface area contributed by atoms with E-state index >= 15 is 0 Å². The molecule has 1 aliphatic heterocycles. The molecule has 4 nitrogen and oxygen atoms in total. The molecule has 1 aliphatic rings. The Hall–Kier alpha value is -1.81. The summed E-state index contributed by atoms with van der Waals surface area (Å²) < 4.78 is 5.46. The van der Waals surface area contributed by atoms with Crippen LogP contribution in [0.5, 0.6) is 11.5 Å².